The van der Waals surface area contributed by atoms with Gasteiger partial charge in [0.2, 0.25) is 0 Å². The largest absolute Gasteiger partial charge is 0.510 e. The number of hydrogen-bond acceptors (Lipinski definition) is 5. The number of hydrogen-bond donors (Lipinski definition) is 2. The monoisotopic (exact) mass is 238 g/mol. The van der Waals surface area contributed by atoms with Crippen LogP contribution < -0.4 is 0 Å². The number of carbonyl (C=O) groups excluding carboxylic acids is 1. The lowest BCUT2D eigenvalue weighted by atomic mass is 10.3. The Morgan fingerprint density at radius 3 is 1.71 bits per heavy atom. The molecule has 0 amide bonds. The minimum absolute atomic E-state index is 0.380. The second-order valence-electron chi connectivity index (χ2n) is 2.97. The van der Waals surface area contributed by atoms with Crippen molar-refractivity contribution in [3.05, 3.63) is 0 Å². The van der Waals surface area contributed by atoms with Crippen LogP contribution in [-0.2, 0) is 9.47 Å². The van der Waals surface area contributed by atoms with E-state index in [9.17, 15) is 4.79 Å². The van der Waals surface area contributed by atoms with Crippen molar-refractivity contribution < 1.29 is 14.3 Å². The zero-order chi connectivity index (χ0) is 11.0. The molecule has 0 spiro atoms. The van der Waals surface area contributed by atoms with Gasteiger partial charge in [-0.1, -0.05) is 26.7 Å². The van der Waals surface area contributed by atoms with Gasteiger partial charge >= 0.3 is 6.16 Å². The summed E-state index contributed by atoms with van der Waals surface area (Å²) in [5.41, 5.74) is -0.760. The van der Waals surface area contributed by atoms with Crippen molar-refractivity contribution in [2.45, 2.75) is 50.4 Å². The van der Waals surface area contributed by atoms with Gasteiger partial charge in [0.15, 0.2) is 0 Å². The fourth-order valence-corrected chi connectivity index (χ4v) is 1.55. The molecule has 0 N–H and O–H groups in total. The molecule has 0 aliphatic carbocycles. The summed E-state index contributed by atoms with van der Waals surface area (Å²) in [5, 5.41) is 0. The van der Waals surface area contributed by atoms with Crippen molar-refractivity contribution in [1.82, 2.24) is 0 Å². The first kappa shape index (κ1) is 14.0. The number of thiol groups is 2. The van der Waals surface area contributed by atoms with Crippen LogP contribution in [0.1, 0.15) is 39.5 Å². The molecule has 0 aliphatic heterocycles. The Bertz CT molecular complexity index is 148. The third kappa shape index (κ3) is 7.38. The molecule has 2 atom stereocenters. The minimum Gasteiger partial charge on any atom is -0.420 e. The fourth-order valence-electron chi connectivity index (χ4n) is 0.862. The Morgan fingerprint density at radius 2 is 1.43 bits per heavy atom. The zero-order valence-corrected chi connectivity index (χ0v) is 10.4. The standard InChI is InChI=1S/C9H18O3S2/c1-3-5-7(13)11-9(10)12-8(14)6-4-2/h7-8,13-14H,3-6H2,1-2H3. The van der Waals surface area contributed by atoms with E-state index in [2.05, 4.69) is 25.3 Å². The third-order valence-corrected chi connectivity index (χ3v) is 2.26. The summed E-state index contributed by atoms with van der Waals surface area (Å²) in [6, 6.07) is 0. The lowest BCUT2D eigenvalue weighted by molar-refractivity contribution is 0.0377. The first-order chi connectivity index (χ1) is 6.60. The maximum absolute atomic E-state index is 11.1. The predicted octanol–water partition coefficient (Wildman–Crippen LogP) is 3.25. The first-order valence-electron chi connectivity index (χ1n) is 4.83. The van der Waals surface area contributed by atoms with Gasteiger partial charge in [-0.3, -0.25) is 0 Å². The van der Waals surface area contributed by atoms with Gasteiger partial charge < -0.3 is 9.47 Å². The van der Waals surface area contributed by atoms with Crippen LogP contribution in [0.15, 0.2) is 0 Å². The minimum atomic E-state index is -0.688. The summed E-state index contributed by atoms with van der Waals surface area (Å²) in [7, 11) is 0. The molecule has 0 aromatic carbocycles. The van der Waals surface area contributed by atoms with Gasteiger partial charge in [0.1, 0.15) is 10.9 Å². The molecular formula is C9H18O3S2. The van der Waals surface area contributed by atoms with Gasteiger partial charge in [0.05, 0.1) is 0 Å². The van der Waals surface area contributed by atoms with Crippen molar-refractivity contribution in [2.75, 3.05) is 0 Å². The summed E-state index contributed by atoms with van der Waals surface area (Å²) in [6.45, 7) is 3.99. The molecule has 0 rings (SSSR count). The SMILES string of the molecule is CCCC(S)OC(=O)OC(S)CCC. The molecule has 0 aromatic heterocycles. The van der Waals surface area contributed by atoms with Gasteiger partial charge in [0.25, 0.3) is 0 Å². The van der Waals surface area contributed by atoms with Crippen LogP contribution in [0, 0.1) is 0 Å². The van der Waals surface area contributed by atoms with E-state index < -0.39 is 6.16 Å². The molecule has 84 valence electrons. The van der Waals surface area contributed by atoms with E-state index in [1.165, 1.54) is 0 Å². The van der Waals surface area contributed by atoms with E-state index in [4.69, 9.17) is 9.47 Å². The fraction of sp³-hybridized carbons (Fsp3) is 0.889. The highest BCUT2D eigenvalue weighted by molar-refractivity contribution is 7.81. The van der Waals surface area contributed by atoms with Crippen LogP contribution in [0.5, 0.6) is 0 Å². The third-order valence-electron chi connectivity index (χ3n) is 1.54. The topological polar surface area (TPSA) is 35.5 Å². The van der Waals surface area contributed by atoms with Gasteiger partial charge in [0, 0.05) is 0 Å². The molecule has 0 radical (unpaired) electrons. The van der Waals surface area contributed by atoms with Crippen LogP contribution in [-0.4, -0.2) is 17.0 Å². The highest BCUT2D eigenvalue weighted by atomic mass is 32.1. The Morgan fingerprint density at radius 1 is 1.07 bits per heavy atom. The molecule has 0 saturated heterocycles. The summed E-state index contributed by atoms with van der Waals surface area (Å²) in [5.74, 6) is 0. The Hall–Kier alpha value is -0.0300. The average Bonchev–Trinajstić information content (AvgIpc) is 2.03. The summed E-state index contributed by atoms with van der Waals surface area (Å²) >= 11 is 8.15. The molecule has 5 heteroatoms. The number of ether oxygens (including phenoxy) is 2. The Labute approximate surface area is 96.4 Å². The van der Waals surface area contributed by atoms with Gasteiger partial charge in [-0.2, -0.15) is 0 Å². The van der Waals surface area contributed by atoms with E-state index in [0.717, 1.165) is 25.7 Å². The van der Waals surface area contributed by atoms with Crippen LogP contribution in [0.4, 0.5) is 4.79 Å². The summed E-state index contributed by atoms with van der Waals surface area (Å²) < 4.78 is 9.72. The second-order valence-corrected chi connectivity index (χ2v) is 4.12. The highest BCUT2D eigenvalue weighted by Crippen LogP contribution is 2.11. The molecule has 14 heavy (non-hydrogen) atoms. The van der Waals surface area contributed by atoms with E-state index >= 15 is 0 Å². The summed E-state index contributed by atoms with van der Waals surface area (Å²) in [4.78, 5) is 11.1. The zero-order valence-electron chi connectivity index (χ0n) is 8.60. The second kappa shape index (κ2) is 8.29. The maximum Gasteiger partial charge on any atom is 0.510 e. The van der Waals surface area contributed by atoms with Crippen LogP contribution in [0.3, 0.4) is 0 Å². The smallest absolute Gasteiger partial charge is 0.420 e. The highest BCUT2D eigenvalue weighted by Gasteiger charge is 2.13. The Balaban J connectivity index is 3.63. The molecular weight excluding hydrogens is 220 g/mol. The van der Waals surface area contributed by atoms with Gasteiger partial charge in [-0.25, -0.2) is 4.79 Å². The molecule has 0 fully saturated rings. The van der Waals surface area contributed by atoms with E-state index in [1.807, 2.05) is 13.8 Å². The molecule has 0 aliphatic rings. The van der Waals surface area contributed by atoms with Gasteiger partial charge in [-0.15, -0.1) is 25.3 Å². The van der Waals surface area contributed by atoms with Crippen LogP contribution >= 0.6 is 25.3 Å². The van der Waals surface area contributed by atoms with Crippen LogP contribution in [0.2, 0.25) is 0 Å². The van der Waals surface area contributed by atoms with Crippen LogP contribution in [0.25, 0.3) is 0 Å². The molecule has 0 heterocycles. The predicted molar refractivity (Wildman–Crippen MR) is 62.9 cm³/mol. The normalized spacial score (nSPS) is 14.6. The molecule has 0 saturated carbocycles. The molecule has 3 nitrogen and oxygen atoms in total. The van der Waals surface area contributed by atoms with Gasteiger partial charge in [-0.05, 0) is 12.8 Å². The van der Waals surface area contributed by atoms with E-state index in [1.54, 1.807) is 0 Å². The lowest BCUT2D eigenvalue weighted by Crippen LogP contribution is -2.18. The van der Waals surface area contributed by atoms with E-state index in [-0.39, 0.29) is 10.9 Å². The average molecular weight is 238 g/mol. The van der Waals surface area contributed by atoms with Crippen molar-refractivity contribution in [3.63, 3.8) is 0 Å². The van der Waals surface area contributed by atoms with E-state index in [0.29, 0.717) is 0 Å². The summed E-state index contributed by atoms with van der Waals surface area (Å²) in [6.07, 6.45) is 2.60. The lowest BCUT2D eigenvalue weighted by Gasteiger charge is -2.14. The maximum atomic E-state index is 11.1. The molecule has 0 bridgehead atoms. The van der Waals surface area contributed by atoms with Crippen molar-refractivity contribution in [1.29, 1.82) is 0 Å². The van der Waals surface area contributed by atoms with Crippen molar-refractivity contribution in [2.24, 2.45) is 0 Å². The number of rotatable bonds is 6. The molecule has 0 aromatic rings. The quantitative estimate of drug-likeness (QED) is 0.423. The van der Waals surface area contributed by atoms with Crippen molar-refractivity contribution in [3.8, 4) is 0 Å². The Kier molecular flexibility index (Phi) is 8.27. The number of carbonyl (C=O) groups is 1. The first-order valence-corrected chi connectivity index (χ1v) is 5.86. The van der Waals surface area contributed by atoms with Crippen molar-refractivity contribution >= 4 is 31.4 Å². The molecule has 2 unspecified atom stereocenters.